The maximum absolute atomic E-state index is 5.32. The molecule has 1 aromatic heterocycles. The largest absolute Gasteiger partial charge is 0.385 e. The van der Waals surface area contributed by atoms with Crippen LogP contribution in [0.5, 0.6) is 0 Å². The first kappa shape index (κ1) is 19.4. The SMILES string of the molecule is CN=C(NCc1ccc(-n2cncn2)cc1)NCC1(CCOC)CCCC1. The highest BCUT2D eigenvalue weighted by atomic mass is 16.5. The Bertz CT molecular complexity index is 705. The molecule has 0 amide bonds. The summed E-state index contributed by atoms with van der Waals surface area (Å²) in [5.41, 5.74) is 2.53. The smallest absolute Gasteiger partial charge is 0.191 e. The average Bonchev–Trinajstić information content (AvgIpc) is 3.40. The molecule has 3 rings (SSSR count). The zero-order valence-electron chi connectivity index (χ0n) is 16.3. The van der Waals surface area contributed by atoms with E-state index >= 15 is 0 Å². The normalized spacial score (nSPS) is 16.4. The molecule has 1 aromatic carbocycles. The third-order valence-electron chi connectivity index (χ3n) is 5.43. The number of methoxy groups -OCH3 is 1. The predicted octanol–water partition coefficient (Wildman–Crippen LogP) is 2.53. The lowest BCUT2D eigenvalue weighted by molar-refractivity contribution is 0.138. The number of nitrogens with zero attached hydrogens (tertiary/aromatic N) is 4. The molecule has 1 aliphatic rings. The van der Waals surface area contributed by atoms with Gasteiger partial charge < -0.3 is 15.4 Å². The summed E-state index contributed by atoms with van der Waals surface area (Å²) in [4.78, 5) is 8.35. The molecular formula is C20H30N6O. The second-order valence-electron chi connectivity index (χ2n) is 7.24. The Labute approximate surface area is 161 Å². The van der Waals surface area contributed by atoms with Gasteiger partial charge in [-0.3, -0.25) is 4.99 Å². The van der Waals surface area contributed by atoms with Crippen LogP contribution in [0, 0.1) is 5.41 Å². The molecule has 0 aliphatic heterocycles. The fourth-order valence-electron chi connectivity index (χ4n) is 3.74. The van der Waals surface area contributed by atoms with E-state index in [1.54, 1.807) is 18.1 Å². The summed E-state index contributed by atoms with van der Waals surface area (Å²) in [5, 5.41) is 11.1. The van der Waals surface area contributed by atoms with Crippen molar-refractivity contribution in [3.05, 3.63) is 42.5 Å². The van der Waals surface area contributed by atoms with Crippen molar-refractivity contribution in [2.75, 3.05) is 27.3 Å². The van der Waals surface area contributed by atoms with Crippen LogP contribution in [0.15, 0.2) is 41.9 Å². The van der Waals surface area contributed by atoms with Gasteiger partial charge >= 0.3 is 0 Å². The lowest BCUT2D eigenvalue weighted by Gasteiger charge is -2.30. The van der Waals surface area contributed by atoms with E-state index in [4.69, 9.17) is 4.74 Å². The van der Waals surface area contributed by atoms with Gasteiger partial charge in [-0.1, -0.05) is 25.0 Å². The maximum Gasteiger partial charge on any atom is 0.191 e. The van der Waals surface area contributed by atoms with Gasteiger partial charge in [-0.05, 0) is 42.4 Å². The van der Waals surface area contributed by atoms with E-state index in [2.05, 4.69) is 37.8 Å². The van der Waals surface area contributed by atoms with E-state index in [9.17, 15) is 0 Å². The Morgan fingerprint density at radius 2 is 2.00 bits per heavy atom. The number of nitrogens with one attached hydrogen (secondary N) is 2. The van der Waals surface area contributed by atoms with E-state index in [1.165, 1.54) is 37.6 Å². The highest BCUT2D eigenvalue weighted by Gasteiger charge is 2.33. The van der Waals surface area contributed by atoms with Gasteiger partial charge in [-0.2, -0.15) is 5.10 Å². The first-order chi connectivity index (χ1) is 13.2. The van der Waals surface area contributed by atoms with Crippen molar-refractivity contribution >= 4 is 5.96 Å². The summed E-state index contributed by atoms with van der Waals surface area (Å²) < 4.78 is 7.07. The van der Waals surface area contributed by atoms with Gasteiger partial charge in [0.2, 0.25) is 0 Å². The fourth-order valence-corrected chi connectivity index (χ4v) is 3.74. The van der Waals surface area contributed by atoms with Gasteiger partial charge in [0.25, 0.3) is 0 Å². The van der Waals surface area contributed by atoms with E-state index in [-0.39, 0.29) is 0 Å². The monoisotopic (exact) mass is 370 g/mol. The first-order valence-corrected chi connectivity index (χ1v) is 9.62. The zero-order valence-corrected chi connectivity index (χ0v) is 16.3. The highest BCUT2D eigenvalue weighted by molar-refractivity contribution is 5.79. The molecule has 0 saturated heterocycles. The van der Waals surface area contributed by atoms with Crippen molar-refractivity contribution in [1.29, 1.82) is 0 Å². The quantitative estimate of drug-likeness (QED) is 0.552. The Morgan fingerprint density at radius 1 is 1.22 bits per heavy atom. The van der Waals surface area contributed by atoms with E-state index in [1.807, 2.05) is 19.2 Å². The minimum atomic E-state index is 0.340. The second kappa shape index (κ2) is 9.50. The van der Waals surface area contributed by atoms with Crippen molar-refractivity contribution in [2.45, 2.75) is 38.6 Å². The zero-order chi connectivity index (χ0) is 19.0. The third-order valence-corrected chi connectivity index (χ3v) is 5.43. The molecule has 2 aromatic rings. The molecule has 0 spiro atoms. The minimum Gasteiger partial charge on any atom is -0.385 e. The third kappa shape index (κ3) is 5.29. The Hall–Kier alpha value is -2.41. The summed E-state index contributed by atoms with van der Waals surface area (Å²) in [6, 6.07) is 8.27. The molecule has 0 unspecified atom stereocenters. The molecular weight excluding hydrogens is 340 g/mol. The van der Waals surface area contributed by atoms with E-state index in [0.29, 0.717) is 5.41 Å². The van der Waals surface area contributed by atoms with Crippen LogP contribution < -0.4 is 10.6 Å². The summed E-state index contributed by atoms with van der Waals surface area (Å²) in [6.07, 6.45) is 9.51. The predicted molar refractivity (Wildman–Crippen MR) is 107 cm³/mol. The molecule has 0 radical (unpaired) electrons. The number of benzene rings is 1. The molecule has 27 heavy (non-hydrogen) atoms. The van der Waals surface area contributed by atoms with Crippen LogP contribution in [-0.4, -0.2) is 48.0 Å². The van der Waals surface area contributed by atoms with Gasteiger partial charge in [-0.15, -0.1) is 0 Å². The van der Waals surface area contributed by atoms with Crippen molar-refractivity contribution in [1.82, 2.24) is 25.4 Å². The van der Waals surface area contributed by atoms with Crippen molar-refractivity contribution in [2.24, 2.45) is 10.4 Å². The highest BCUT2D eigenvalue weighted by Crippen LogP contribution is 2.40. The fraction of sp³-hybridized carbons (Fsp3) is 0.550. The van der Waals surface area contributed by atoms with Crippen LogP contribution in [0.1, 0.15) is 37.7 Å². The van der Waals surface area contributed by atoms with E-state index in [0.717, 1.165) is 37.8 Å². The number of guanidine groups is 1. The topological polar surface area (TPSA) is 76.4 Å². The summed E-state index contributed by atoms with van der Waals surface area (Å²) >= 11 is 0. The number of aliphatic imine (C=N–C) groups is 1. The van der Waals surface area contributed by atoms with Crippen molar-refractivity contribution in [3.63, 3.8) is 0 Å². The Morgan fingerprint density at radius 3 is 2.63 bits per heavy atom. The number of hydrogen-bond acceptors (Lipinski definition) is 4. The Balaban J connectivity index is 1.50. The number of hydrogen-bond donors (Lipinski definition) is 2. The molecule has 7 nitrogen and oxygen atoms in total. The number of ether oxygens (including phenoxy) is 1. The van der Waals surface area contributed by atoms with Gasteiger partial charge in [0.1, 0.15) is 12.7 Å². The standard InChI is InChI=1S/C20H30N6O/c1-21-19(24-14-20(11-12-27-2)9-3-4-10-20)23-13-17-5-7-18(8-6-17)26-16-22-15-25-26/h5-8,15-16H,3-4,9-14H2,1-2H3,(H2,21,23,24). The van der Waals surface area contributed by atoms with Crippen LogP contribution >= 0.6 is 0 Å². The van der Waals surface area contributed by atoms with Crippen LogP contribution in [0.2, 0.25) is 0 Å². The Kier molecular flexibility index (Phi) is 6.81. The van der Waals surface area contributed by atoms with Crippen molar-refractivity contribution in [3.8, 4) is 5.69 Å². The van der Waals surface area contributed by atoms with Crippen LogP contribution in [-0.2, 0) is 11.3 Å². The molecule has 1 saturated carbocycles. The lowest BCUT2D eigenvalue weighted by atomic mass is 9.83. The average molecular weight is 371 g/mol. The molecule has 146 valence electrons. The summed E-state index contributed by atoms with van der Waals surface area (Å²) in [5.74, 6) is 0.846. The van der Waals surface area contributed by atoms with Crippen LogP contribution in [0.25, 0.3) is 5.69 Å². The van der Waals surface area contributed by atoms with Gasteiger partial charge in [0.15, 0.2) is 5.96 Å². The van der Waals surface area contributed by atoms with Crippen molar-refractivity contribution < 1.29 is 4.74 Å². The van der Waals surface area contributed by atoms with E-state index < -0.39 is 0 Å². The lowest BCUT2D eigenvalue weighted by Crippen LogP contribution is -2.43. The summed E-state index contributed by atoms with van der Waals surface area (Å²) in [6.45, 7) is 2.50. The molecule has 1 fully saturated rings. The maximum atomic E-state index is 5.32. The first-order valence-electron chi connectivity index (χ1n) is 9.62. The van der Waals surface area contributed by atoms with Crippen LogP contribution in [0.3, 0.4) is 0 Å². The van der Waals surface area contributed by atoms with Gasteiger partial charge in [0.05, 0.1) is 5.69 Å². The number of aromatic nitrogens is 3. The summed E-state index contributed by atoms with van der Waals surface area (Å²) in [7, 11) is 3.60. The molecule has 7 heteroatoms. The molecule has 1 aliphatic carbocycles. The molecule has 0 bridgehead atoms. The van der Waals surface area contributed by atoms with Gasteiger partial charge in [0, 0.05) is 33.9 Å². The second-order valence-corrected chi connectivity index (χ2v) is 7.24. The van der Waals surface area contributed by atoms with Crippen LogP contribution in [0.4, 0.5) is 0 Å². The molecule has 1 heterocycles. The minimum absolute atomic E-state index is 0.340. The molecule has 0 atom stereocenters. The van der Waals surface area contributed by atoms with Gasteiger partial charge in [-0.25, -0.2) is 9.67 Å². The molecule has 2 N–H and O–H groups in total. The number of rotatable bonds is 8.